The summed E-state index contributed by atoms with van der Waals surface area (Å²) in [6.45, 7) is 1.39. The van der Waals surface area contributed by atoms with Gasteiger partial charge in [-0.1, -0.05) is 35.9 Å². The minimum absolute atomic E-state index is 0.0318. The Kier molecular flexibility index (Phi) is 5.60. The van der Waals surface area contributed by atoms with Crippen LogP contribution in [0.4, 0.5) is 11.4 Å². The Bertz CT molecular complexity index is 1210. The van der Waals surface area contributed by atoms with Gasteiger partial charge >= 0.3 is 0 Å². The molecule has 2 aromatic carbocycles. The molecule has 4 aromatic rings. The van der Waals surface area contributed by atoms with Gasteiger partial charge in [0.25, 0.3) is 5.91 Å². The zero-order chi connectivity index (χ0) is 21.1. The molecule has 0 fully saturated rings. The molecule has 0 aliphatic heterocycles. The second-order valence-electron chi connectivity index (χ2n) is 6.31. The van der Waals surface area contributed by atoms with Gasteiger partial charge in [-0.15, -0.1) is 16.4 Å². The molecule has 0 saturated heterocycles. The first-order chi connectivity index (χ1) is 14.5. The number of para-hydroxylation sites is 1. The van der Waals surface area contributed by atoms with Crippen molar-refractivity contribution in [2.45, 2.75) is 6.92 Å². The fourth-order valence-corrected chi connectivity index (χ4v) is 3.72. The van der Waals surface area contributed by atoms with Crippen molar-refractivity contribution in [1.82, 2.24) is 14.8 Å². The van der Waals surface area contributed by atoms with E-state index in [9.17, 15) is 9.59 Å². The maximum absolute atomic E-state index is 12.8. The van der Waals surface area contributed by atoms with Gasteiger partial charge in [0, 0.05) is 12.6 Å². The molecule has 150 valence electrons. The summed E-state index contributed by atoms with van der Waals surface area (Å²) in [5, 5.41) is 12.0. The van der Waals surface area contributed by atoms with E-state index in [4.69, 9.17) is 11.6 Å². The summed E-state index contributed by atoms with van der Waals surface area (Å²) >= 11 is 7.70. The highest BCUT2D eigenvalue weighted by Gasteiger charge is 2.19. The van der Waals surface area contributed by atoms with Gasteiger partial charge in [-0.25, -0.2) is 9.67 Å². The van der Waals surface area contributed by atoms with Gasteiger partial charge in [-0.05, 0) is 41.8 Å². The molecule has 0 radical (unpaired) electrons. The van der Waals surface area contributed by atoms with Crippen LogP contribution in [0, 0.1) is 0 Å². The predicted octanol–water partition coefficient (Wildman–Crippen LogP) is 4.86. The van der Waals surface area contributed by atoms with Gasteiger partial charge in [0.1, 0.15) is 0 Å². The Morgan fingerprint density at radius 3 is 2.50 bits per heavy atom. The minimum Gasteiger partial charge on any atom is -0.325 e. The average molecular weight is 438 g/mol. The second-order valence-corrected chi connectivity index (χ2v) is 7.67. The van der Waals surface area contributed by atoms with Crippen molar-refractivity contribution < 1.29 is 9.59 Å². The number of benzene rings is 2. The van der Waals surface area contributed by atoms with Crippen LogP contribution in [-0.4, -0.2) is 26.6 Å². The van der Waals surface area contributed by atoms with Crippen LogP contribution in [-0.2, 0) is 4.79 Å². The molecule has 2 aromatic heterocycles. The molecule has 0 saturated carbocycles. The lowest BCUT2D eigenvalue weighted by Gasteiger charge is -2.08. The van der Waals surface area contributed by atoms with Crippen LogP contribution in [0.3, 0.4) is 0 Å². The van der Waals surface area contributed by atoms with Crippen molar-refractivity contribution in [1.29, 1.82) is 0 Å². The summed E-state index contributed by atoms with van der Waals surface area (Å²) in [7, 11) is 0. The SMILES string of the molecule is CC(=O)Nc1ccc(NC(=O)c2nc(-c3cccs3)n(-c3ccccc3)n2)cc1Cl. The molecule has 2 amide bonds. The number of amides is 2. The minimum atomic E-state index is -0.467. The molecule has 9 heteroatoms. The number of thiophene rings is 1. The molecule has 0 atom stereocenters. The van der Waals surface area contributed by atoms with E-state index in [0.29, 0.717) is 22.2 Å². The van der Waals surface area contributed by atoms with Crippen molar-refractivity contribution in [3.8, 4) is 16.4 Å². The van der Waals surface area contributed by atoms with Crippen LogP contribution in [0.25, 0.3) is 16.4 Å². The van der Waals surface area contributed by atoms with Crippen LogP contribution in [0.15, 0.2) is 66.0 Å². The van der Waals surface area contributed by atoms with E-state index >= 15 is 0 Å². The zero-order valence-corrected chi connectivity index (χ0v) is 17.4. The van der Waals surface area contributed by atoms with Crippen molar-refractivity contribution in [2.75, 3.05) is 10.6 Å². The quantitative estimate of drug-likeness (QED) is 0.466. The van der Waals surface area contributed by atoms with E-state index in [1.165, 1.54) is 18.3 Å². The number of aromatic nitrogens is 3. The molecule has 2 N–H and O–H groups in total. The number of nitrogens with zero attached hydrogens (tertiary/aromatic N) is 3. The van der Waals surface area contributed by atoms with Crippen LogP contribution >= 0.6 is 22.9 Å². The number of carbonyl (C=O) groups is 2. The van der Waals surface area contributed by atoms with Crippen molar-refractivity contribution in [3.63, 3.8) is 0 Å². The first kappa shape index (κ1) is 19.8. The molecular formula is C21H16ClN5O2S. The molecular weight excluding hydrogens is 422 g/mol. The van der Waals surface area contributed by atoms with E-state index in [2.05, 4.69) is 20.7 Å². The van der Waals surface area contributed by atoms with Crippen molar-refractivity contribution in [3.05, 3.63) is 76.9 Å². The number of hydrogen-bond acceptors (Lipinski definition) is 5. The van der Waals surface area contributed by atoms with E-state index in [0.717, 1.165) is 10.6 Å². The number of anilines is 2. The van der Waals surface area contributed by atoms with Gasteiger partial charge in [0.05, 0.1) is 21.3 Å². The normalized spacial score (nSPS) is 10.6. The second kappa shape index (κ2) is 8.48. The molecule has 0 aliphatic carbocycles. The number of hydrogen-bond donors (Lipinski definition) is 2. The molecule has 4 rings (SSSR count). The summed E-state index contributed by atoms with van der Waals surface area (Å²) in [5.41, 5.74) is 1.73. The van der Waals surface area contributed by atoms with Crippen molar-refractivity contribution in [2.24, 2.45) is 0 Å². The summed E-state index contributed by atoms with van der Waals surface area (Å²) in [6.07, 6.45) is 0. The number of halogens is 1. The van der Waals surface area contributed by atoms with E-state index < -0.39 is 5.91 Å². The maximum atomic E-state index is 12.8. The Morgan fingerprint density at radius 2 is 1.83 bits per heavy atom. The van der Waals surface area contributed by atoms with Crippen LogP contribution in [0.2, 0.25) is 5.02 Å². The Labute approximate surface area is 181 Å². The van der Waals surface area contributed by atoms with Gasteiger partial charge in [0.15, 0.2) is 5.82 Å². The molecule has 0 aliphatic rings. The van der Waals surface area contributed by atoms with Gasteiger partial charge in [0.2, 0.25) is 11.7 Å². The molecule has 0 unspecified atom stereocenters. The zero-order valence-electron chi connectivity index (χ0n) is 15.8. The average Bonchev–Trinajstić information content (AvgIpc) is 3.40. The third-order valence-electron chi connectivity index (χ3n) is 4.09. The molecule has 7 nitrogen and oxygen atoms in total. The largest absolute Gasteiger partial charge is 0.325 e. The lowest BCUT2D eigenvalue weighted by molar-refractivity contribution is -0.114. The Hall–Kier alpha value is -3.49. The summed E-state index contributed by atoms with van der Waals surface area (Å²) in [5.74, 6) is -0.0824. The smallest absolute Gasteiger partial charge is 0.295 e. The fourth-order valence-electron chi connectivity index (χ4n) is 2.79. The third-order valence-corrected chi connectivity index (χ3v) is 5.27. The van der Waals surface area contributed by atoms with Crippen LogP contribution in [0.1, 0.15) is 17.5 Å². The topological polar surface area (TPSA) is 88.9 Å². The van der Waals surface area contributed by atoms with Gasteiger partial charge < -0.3 is 10.6 Å². The predicted molar refractivity (Wildman–Crippen MR) is 118 cm³/mol. The molecule has 2 heterocycles. The van der Waals surface area contributed by atoms with Gasteiger partial charge in [-0.2, -0.15) is 0 Å². The first-order valence-corrected chi connectivity index (χ1v) is 10.2. The Balaban J connectivity index is 1.63. The van der Waals surface area contributed by atoms with Crippen molar-refractivity contribution >= 4 is 46.1 Å². The molecule has 30 heavy (non-hydrogen) atoms. The highest BCUT2D eigenvalue weighted by atomic mass is 35.5. The van der Waals surface area contributed by atoms with E-state index in [1.807, 2.05) is 47.8 Å². The monoisotopic (exact) mass is 437 g/mol. The van der Waals surface area contributed by atoms with Gasteiger partial charge in [-0.3, -0.25) is 9.59 Å². The van der Waals surface area contributed by atoms with Crippen LogP contribution < -0.4 is 10.6 Å². The highest BCUT2D eigenvalue weighted by molar-refractivity contribution is 7.13. The lowest BCUT2D eigenvalue weighted by Crippen LogP contribution is -2.14. The number of carbonyl (C=O) groups excluding carboxylic acids is 2. The maximum Gasteiger partial charge on any atom is 0.295 e. The summed E-state index contributed by atoms with van der Waals surface area (Å²) < 4.78 is 1.65. The summed E-state index contributed by atoms with van der Waals surface area (Å²) in [6, 6.07) is 18.2. The fraction of sp³-hybridized carbons (Fsp3) is 0.0476. The summed E-state index contributed by atoms with van der Waals surface area (Å²) in [4.78, 5) is 29.4. The third kappa shape index (κ3) is 4.24. The molecule has 0 spiro atoms. The highest BCUT2D eigenvalue weighted by Crippen LogP contribution is 2.27. The molecule has 0 bridgehead atoms. The number of rotatable bonds is 5. The lowest BCUT2D eigenvalue weighted by atomic mass is 10.2. The van der Waals surface area contributed by atoms with E-state index in [-0.39, 0.29) is 11.7 Å². The van der Waals surface area contributed by atoms with E-state index in [1.54, 1.807) is 22.9 Å². The first-order valence-electron chi connectivity index (χ1n) is 8.96. The standard InChI is InChI=1S/C21H16ClN5O2S/c1-13(28)23-17-10-9-14(12-16(17)22)24-21(29)19-25-20(18-8-5-11-30-18)27(26-19)15-6-3-2-4-7-15/h2-12H,1H3,(H,23,28)(H,24,29). The van der Waals surface area contributed by atoms with Crippen LogP contribution in [0.5, 0.6) is 0 Å². The number of nitrogens with one attached hydrogen (secondary N) is 2. The Morgan fingerprint density at radius 1 is 1.03 bits per heavy atom.